The molecule has 128 valence electrons. The summed E-state index contributed by atoms with van der Waals surface area (Å²) in [7, 11) is 0. The highest BCUT2D eigenvalue weighted by atomic mass is 32.2. The van der Waals surface area contributed by atoms with Gasteiger partial charge in [-0.1, -0.05) is 24.3 Å². The zero-order valence-electron chi connectivity index (χ0n) is 13.6. The van der Waals surface area contributed by atoms with Crippen LogP contribution in [0.2, 0.25) is 0 Å². The van der Waals surface area contributed by atoms with Gasteiger partial charge in [0.25, 0.3) is 0 Å². The Bertz CT molecular complexity index is 579. The smallest absolute Gasteiger partial charge is 0.123 e. The molecule has 24 heavy (non-hydrogen) atoms. The lowest BCUT2D eigenvalue weighted by atomic mass is 10.0. The lowest BCUT2D eigenvalue weighted by molar-refractivity contribution is 0.255. The maximum atomic E-state index is 13.2. The largest absolute Gasteiger partial charge is 0.314 e. The van der Waals surface area contributed by atoms with E-state index in [1.165, 1.54) is 24.3 Å². The second-order valence-electron chi connectivity index (χ2n) is 5.95. The Morgan fingerprint density at radius 3 is 1.88 bits per heavy atom. The SMILES string of the molecule is Fc1ccc(C(SCCN2CCNCC2)c2ccc(F)cc2)cc1. The van der Waals surface area contributed by atoms with Crippen LogP contribution in [0.25, 0.3) is 0 Å². The number of benzene rings is 2. The molecule has 0 saturated carbocycles. The topological polar surface area (TPSA) is 15.3 Å². The molecule has 0 aromatic heterocycles. The summed E-state index contributed by atoms with van der Waals surface area (Å²) in [5.41, 5.74) is 2.10. The van der Waals surface area contributed by atoms with Crippen LogP contribution in [-0.2, 0) is 0 Å². The van der Waals surface area contributed by atoms with Crippen molar-refractivity contribution >= 4 is 11.8 Å². The number of nitrogens with zero attached hydrogens (tertiary/aromatic N) is 1. The van der Waals surface area contributed by atoms with Crippen LogP contribution >= 0.6 is 11.8 Å². The highest BCUT2D eigenvalue weighted by Crippen LogP contribution is 2.35. The lowest BCUT2D eigenvalue weighted by Crippen LogP contribution is -2.44. The summed E-state index contributed by atoms with van der Waals surface area (Å²) < 4.78 is 26.5. The van der Waals surface area contributed by atoms with Crippen molar-refractivity contribution in [3.05, 3.63) is 71.3 Å². The van der Waals surface area contributed by atoms with Gasteiger partial charge in [-0.15, -0.1) is 11.8 Å². The Morgan fingerprint density at radius 1 is 0.875 bits per heavy atom. The van der Waals surface area contributed by atoms with E-state index >= 15 is 0 Å². The molecule has 1 aliphatic heterocycles. The standard InChI is InChI=1S/C19H22F2N2S/c20-17-5-1-15(2-6-17)19(16-3-7-18(21)8-4-16)24-14-13-23-11-9-22-10-12-23/h1-8,19,22H,9-14H2. The first kappa shape index (κ1) is 17.4. The van der Waals surface area contributed by atoms with Gasteiger partial charge in [0.15, 0.2) is 0 Å². The minimum absolute atomic E-state index is 0.0918. The fourth-order valence-corrected chi connectivity index (χ4v) is 4.19. The average molecular weight is 348 g/mol. The van der Waals surface area contributed by atoms with Gasteiger partial charge in [0, 0.05) is 38.5 Å². The van der Waals surface area contributed by atoms with Gasteiger partial charge < -0.3 is 5.32 Å². The van der Waals surface area contributed by atoms with Crippen LogP contribution in [0.5, 0.6) is 0 Å². The van der Waals surface area contributed by atoms with Gasteiger partial charge in [0.1, 0.15) is 11.6 Å². The van der Waals surface area contributed by atoms with Gasteiger partial charge in [-0.25, -0.2) is 8.78 Å². The molecular formula is C19H22F2N2S. The predicted molar refractivity (Wildman–Crippen MR) is 96.4 cm³/mol. The molecule has 1 aliphatic rings. The Hall–Kier alpha value is -1.43. The molecule has 1 N–H and O–H groups in total. The fourth-order valence-electron chi connectivity index (χ4n) is 2.89. The Morgan fingerprint density at radius 2 is 1.38 bits per heavy atom. The van der Waals surface area contributed by atoms with Crippen molar-refractivity contribution in [3.63, 3.8) is 0 Å². The van der Waals surface area contributed by atoms with Gasteiger partial charge in [-0.05, 0) is 35.4 Å². The van der Waals surface area contributed by atoms with E-state index in [9.17, 15) is 8.78 Å². The molecule has 1 saturated heterocycles. The van der Waals surface area contributed by atoms with Crippen molar-refractivity contribution in [2.24, 2.45) is 0 Å². The zero-order valence-corrected chi connectivity index (χ0v) is 14.4. The monoisotopic (exact) mass is 348 g/mol. The maximum absolute atomic E-state index is 13.2. The molecule has 2 nitrogen and oxygen atoms in total. The first-order valence-corrected chi connectivity index (χ1v) is 9.33. The van der Waals surface area contributed by atoms with Crippen molar-refractivity contribution in [2.45, 2.75) is 5.25 Å². The second kappa shape index (κ2) is 8.60. The van der Waals surface area contributed by atoms with E-state index in [4.69, 9.17) is 0 Å². The molecule has 2 aromatic carbocycles. The van der Waals surface area contributed by atoms with Gasteiger partial charge in [0.2, 0.25) is 0 Å². The van der Waals surface area contributed by atoms with E-state index < -0.39 is 0 Å². The van der Waals surface area contributed by atoms with Crippen LogP contribution in [-0.4, -0.2) is 43.4 Å². The minimum Gasteiger partial charge on any atom is -0.314 e. The van der Waals surface area contributed by atoms with Crippen molar-refractivity contribution in [1.82, 2.24) is 10.2 Å². The number of rotatable bonds is 6. The summed E-state index contributed by atoms with van der Waals surface area (Å²) in [6.45, 7) is 5.29. The third kappa shape index (κ3) is 4.79. The van der Waals surface area contributed by atoms with Crippen molar-refractivity contribution in [1.29, 1.82) is 0 Å². The Labute approximate surface area is 146 Å². The van der Waals surface area contributed by atoms with E-state index in [0.29, 0.717) is 0 Å². The number of thioether (sulfide) groups is 1. The predicted octanol–water partition coefficient (Wildman–Crippen LogP) is 3.69. The second-order valence-corrected chi connectivity index (χ2v) is 7.16. The van der Waals surface area contributed by atoms with Crippen LogP contribution < -0.4 is 5.32 Å². The van der Waals surface area contributed by atoms with Crippen LogP contribution in [0.3, 0.4) is 0 Å². The maximum Gasteiger partial charge on any atom is 0.123 e. The van der Waals surface area contributed by atoms with Gasteiger partial charge in [-0.2, -0.15) is 0 Å². The number of hydrogen-bond acceptors (Lipinski definition) is 3. The molecule has 3 rings (SSSR count). The summed E-state index contributed by atoms with van der Waals surface area (Å²) in [4.78, 5) is 2.45. The normalized spacial score (nSPS) is 15.8. The highest BCUT2D eigenvalue weighted by molar-refractivity contribution is 7.99. The highest BCUT2D eigenvalue weighted by Gasteiger charge is 2.16. The zero-order chi connectivity index (χ0) is 16.8. The molecule has 0 bridgehead atoms. The molecule has 0 unspecified atom stereocenters. The molecule has 0 aliphatic carbocycles. The molecule has 0 atom stereocenters. The van der Waals surface area contributed by atoms with Gasteiger partial charge >= 0.3 is 0 Å². The van der Waals surface area contributed by atoms with Crippen LogP contribution in [0.1, 0.15) is 16.4 Å². The first-order chi connectivity index (χ1) is 11.7. The number of piperazine rings is 1. The van der Waals surface area contributed by atoms with Crippen LogP contribution in [0.15, 0.2) is 48.5 Å². The molecule has 0 amide bonds. The minimum atomic E-state index is -0.234. The van der Waals surface area contributed by atoms with E-state index in [1.807, 2.05) is 36.0 Å². The van der Waals surface area contributed by atoms with Crippen molar-refractivity contribution in [3.8, 4) is 0 Å². The summed E-state index contributed by atoms with van der Waals surface area (Å²) in [6.07, 6.45) is 0. The number of hydrogen-bond donors (Lipinski definition) is 1. The Balaban J connectivity index is 1.69. The lowest BCUT2D eigenvalue weighted by Gasteiger charge is -2.27. The molecule has 2 aromatic rings. The molecule has 1 fully saturated rings. The van der Waals surface area contributed by atoms with Crippen molar-refractivity contribution < 1.29 is 8.78 Å². The third-order valence-corrected chi connectivity index (χ3v) is 5.54. The van der Waals surface area contributed by atoms with E-state index in [-0.39, 0.29) is 16.9 Å². The molecular weight excluding hydrogens is 326 g/mol. The average Bonchev–Trinajstić information content (AvgIpc) is 2.62. The number of halogens is 2. The number of nitrogens with one attached hydrogen (secondary N) is 1. The van der Waals surface area contributed by atoms with E-state index in [1.54, 1.807) is 0 Å². The van der Waals surface area contributed by atoms with E-state index in [0.717, 1.165) is 49.6 Å². The molecule has 5 heteroatoms. The van der Waals surface area contributed by atoms with Gasteiger partial charge in [0.05, 0.1) is 5.25 Å². The third-order valence-electron chi connectivity index (χ3n) is 4.25. The quantitative estimate of drug-likeness (QED) is 0.857. The van der Waals surface area contributed by atoms with Gasteiger partial charge in [-0.3, -0.25) is 4.90 Å². The summed E-state index contributed by atoms with van der Waals surface area (Å²) in [6, 6.07) is 13.2. The summed E-state index contributed by atoms with van der Waals surface area (Å²) in [5.74, 6) is 0.518. The first-order valence-electron chi connectivity index (χ1n) is 8.28. The van der Waals surface area contributed by atoms with Crippen molar-refractivity contribution in [2.75, 3.05) is 38.5 Å². The molecule has 1 heterocycles. The molecule has 0 radical (unpaired) electrons. The fraction of sp³-hybridized carbons (Fsp3) is 0.368. The van der Waals surface area contributed by atoms with Crippen LogP contribution in [0, 0.1) is 11.6 Å². The molecule has 0 spiro atoms. The summed E-state index contributed by atoms with van der Waals surface area (Å²) in [5, 5.41) is 3.45. The van der Waals surface area contributed by atoms with E-state index in [2.05, 4.69) is 10.2 Å². The Kier molecular flexibility index (Phi) is 6.24. The summed E-state index contributed by atoms with van der Waals surface area (Å²) >= 11 is 1.83. The van der Waals surface area contributed by atoms with Crippen LogP contribution in [0.4, 0.5) is 8.78 Å².